The highest BCUT2D eigenvalue weighted by atomic mass is 16.3. The lowest BCUT2D eigenvalue weighted by molar-refractivity contribution is 0.300. The molecule has 0 saturated carbocycles. The van der Waals surface area contributed by atoms with Crippen molar-refractivity contribution in [3.63, 3.8) is 0 Å². The molecule has 0 radical (unpaired) electrons. The number of hydrogen-bond donors (Lipinski definition) is 1. The van der Waals surface area contributed by atoms with Crippen LogP contribution in [-0.4, -0.2) is 25.0 Å². The number of nitrogens with one attached hydrogen (secondary N) is 1. The molecule has 0 aliphatic carbocycles. The molecule has 3 heteroatoms. The van der Waals surface area contributed by atoms with E-state index in [9.17, 15) is 0 Å². The Morgan fingerprint density at radius 1 is 1.39 bits per heavy atom. The summed E-state index contributed by atoms with van der Waals surface area (Å²) in [4.78, 5) is 2.37. The minimum Gasteiger partial charge on any atom is -0.468 e. The first-order chi connectivity index (χ1) is 8.63. The second-order valence-electron chi connectivity index (χ2n) is 5.47. The molecule has 0 aromatic carbocycles. The van der Waals surface area contributed by atoms with E-state index < -0.39 is 0 Å². The fourth-order valence-corrected chi connectivity index (χ4v) is 1.89. The van der Waals surface area contributed by atoms with Gasteiger partial charge in [-0.05, 0) is 45.0 Å². The molecule has 0 aliphatic rings. The highest BCUT2D eigenvalue weighted by Crippen LogP contribution is 2.13. The molecule has 0 bridgehead atoms. The van der Waals surface area contributed by atoms with Gasteiger partial charge in [-0.25, -0.2) is 0 Å². The summed E-state index contributed by atoms with van der Waals surface area (Å²) in [6.45, 7) is 10.7. The lowest BCUT2D eigenvalue weighted by atomic mass is 10.1. The van der Waals surface area contributed by atoms with Crippen LogP contribution in [0.4, 0.5) is 0 Å². The zero-order chi connectivity index (χ0) is 13.4. The second-order valence-corrected chi connectivity index (χ2v) is 5.47. The van der Waals surface area contributed by atoms with Crippen LogP contribution in [0.3, 0.4) is 0 Å². The van der Waals surface area contributed by atoms with Crippen molar-refractivity contribution in [2.45, 2.75) is 46.7 Å². The standard InChI is InChI=1S/C15H28N2O/c1-5-8-16-11-15-14(7-10-18-15)12-17(4)9-6-13(2)3/h7,10,13,16H,5-6,8-9,11-12H2,1-4H3. The molecule has 1 aromatic heterocycles. The van der Waals surface area contributed by atoms with Gasteiger partial charge in [-0.1, -0.05) is 20.8 Å². The Kier molecular flexibility index (Phi) is 7.06. The van der Waals surface area contributed by atoms with Gasteiger partial charge >= 0.3 is 0 Å². The lowest BCUT2D eigenvalue weighted by Crippen LogP contribution is -2.21. The molecule has 0 saturated heterocycles. The highest BCUT2D eigenvalue weighted by molar-refractivity contribution is 5.16. The fraction of sp³-hybridized carbons (Fsp3) is 0.733. The highest BCUT2D eigenvalue weighted by Gasteiger charge is 2.09. The van der Waals surface area contributed by atoms with E-state index in [0.717, 1.165) is 44.3 Å². The smallest absolute Gasteiger partial charge is 0.122 e. The number of rotatable bonds is 9. The third kappa shape index (κ3) is 5.69. The van der Waals surface area contributed by atoms with Crippen molar-refractivity contribution in [2.75, 3.05) is 20.1 Å². The third-order valence-electron chi connectivity index (χ3n) is 3.08. The van der Waals surface area contributed by atoms with Crippen molar-refractivity contribution >= 4 is 0 Å². The van der Waals surface area contributed by atoms with Crippen LogP contribution in [0.1, 0.15) is 44.9 Å². The summed E-state index contributed by atoms with van der Waals surface area (Å²) in [5, 5.41) is 3.39. The Morgan fingerprint density at radius 3 is 2.83 bits per heavy atom. The van der Waals surface area contributed by atoms with E-state index >= 15 is 0 Å². The Balaban J connectivity index is 2.38. The fourth-order valence-electron chi connectivity index (χ4n) is 1.89. The summed E-state index contributed by atoms with van der Waals surface area (Å²) in [5.74, 6) is 1.85. The predicted octanol–water partition coefficient (Wildman–Crippen LogP) is 3.26. The molecule has 104 valence electrons. The predicted molar refractivity (Wildman–Crippen MR) is 76.5 cm³/mol. The largest absolute Gasteiger partial charge is 0.468 e. The average molecular weight is 252 g/mol. The molecule has 0 aliphatic heterocycles. The molecule has 1 aromatic rings. The van der Waals surface area contributed by atoms with Crippen LogP contribution >= 0.6 is 0 Å². The van der Waals surface area contributed by atoms with Crippen molar-refractivity contribution < 1.29 is 4.42 Å². The van der Waals surface area contributed by atoms with Crippen LogP contribution in [0.5, 0.6) is 0 Å². The summed E-state index contributed by atoms with van der Waals surface area (Å²) < 4.78 is 5.55. The normalized spacial score (nSPS) is 11.7. The average Bonchev–Trinajstić information content (AvgIpc) is 2.74. The zero-order valence-electron chi connectivity index (χ0n) is 12.3. The molecular weight excluding hydrogens is 224 g/mol. The molecule has 0 spiro atoms. The van der Waals surface area contributed by atoms with Gasteiger partial charge in [0.25, 0.3) is 0 Å². The monoisotopic (exact) mass is 252 g/mol. The molecule has 1 rings (SSSR count). The van der Waals surface area contributed by atoms with Gasteiger partial charge in [-0.3, -0.25) is 0 Å². The second kappa shape index (κ2) is 8.33. The number of furan rings is 1. The van der Waals surface area contributed by atoms with E-state index in [1.54, 1.807) is 6.26 Å². The van der Waals surface area contributed by atoms with E-state index in [1.807, 2.05) is 0 Å². The third-order valence-corrected chi connectivity index (χ3v) is 3.08. The zero-order valence-corrected chi connectivity index (χ0v) is 12.3. The Labute approximate surface area is 112 Å². The summed E-state index contributed by atoms with van der Waals surface area (Å²) in [6.07, 6.45) is 4.21. The van der Waals surface area contributed by atoms with Gasteiger partial charge < -0.3 is 14.6 Å². The topological polar surface area (TPSA) is 28.4 Å². The summed E-state index contributed by atoms with van der Waals surface area (Å²) in [7, 11) is 2.18. The lowest BCUT2D eigenvalue weighted by Gasteiger charge is -2.17. The van der Waals surface area contributed by atoms with Crippen LogP contribution in [-0.2, 0) is 13.1 Å². The van der Waals surface area contributed by atoms with E-state index in [1.165, 1.54) is 12.0 Å². The Morgan fingerprint density at radius 2 is 2.17 bits per heavy atom. The quantitative estimate of drug-likeness (QED) is 0.684. The van der Waals surface area contributed by atoms with Crippen LogP contribution < -0.4 is 5.32 Å². The van der Waals surface area contributed by atoms with Crippen molar-refractivity contribution in [1.29, 1.82) is 0 Å². The molecule has 1 heterocycles. The van der Waals surface area contributed by atoms with E-state index in [-0.39, 0.29) is 0 Å². The van der Waals surface area contributed by atoms with Gasteiger partial charge in [0.2, 0.25) is 0 Å². The first-order valence-corrected chi connectivity index (χ1v) is 7.08. The maximum Gasteiger partial charge on any atom is 0.122 e. The summed E-state index contributed by atoms with van der Waals surface area (Å²) in [5.41, 5.74) is 1.31. The first kappa shape index (κ1) is 15.3. The summed E-state index contributed by atoms with van der Waals surface area (Å²) in [6, 6.07) is 2.09. The van der Waals surface area contributed by atoms with Gasteiger partial charge in [0, 0.05) is 12.1 Å². The van der Waals surface area contributed by atoms with Gasteiger partial charge in [0.1, 0.15) is 5.76 Å². The molecular formula is C15H28N2O. The summed E-state index contributed by atoms with van der Waals surface area (Å²) >= 11 is 0. The van der Waals surface area contributed by atoms with Gasteiger partial charge in [-0.2, -0.15) is 0 Å². The van der Waals surface area contributed by atoms with Crippen molar-refractivity contribution in [1.82, 2.24) is 10.2 Å². The Hall–Kier alpha value is -0.800. The number of hydrogen-bond acceptors (Lipinski definition) is 3. The molecule has 18 heavy (non-hydrogen) atoms. The van der Waals surface area contributed by atoms with Gasteiger partial charge in [-0.15, -0.1) is 0 Å². The maximum absolute atomic E-state index is 5.55. The molecule has 0 fully saturated rings. The van der Waals surface area contributed by atoms with Crippen LogP contribution in [0.15, 0.2) is 16.7 Å². The van der Waals surface area contributed by atoms with Crippen LogP contribution in [0.25, 0.3) is 0 Å². The van der Waals surface area contributed by atoms with Crippen LogP contribution in [0.2, 0.25) is 0 Å². The van der Waals surface area contributed by atoms with E-state index in [2.05, 4.69) is 44.1 Å². The van der Waals surface area contributed by atoms with Crippen molar-refractivity contribution in [2.24, 2.45) is 5.92 Å². The minimum atomic E-state index is 0.766. The van der Waals surface area contributed by atoms with Crippen molar-refractivity contribution in [3.8, 4) is 0 Å². The van der Waals surface area contributed by atoms with Gasteiger partial charge in [0.05, 0.1) is 12.8 Å². The van der Waals surface area contributed by atoms with E-state index in [0.29, 0.717) is 0 Å². The van der Waals surface area contributed by atoms with Crippen molar-refractivity contribution in [3.05, 3.63) is 23.7 Å². The maximum atomic E-state index is 5.55. The van der Waals surface area contributed by atoms with E-state index in [4.69, 9.17) is 4.42 Å². The SMILES string of the molecule is CCCNCc1occc1CN(C)CCC(C)C. The molecule has 3 nitrogen and oxygen atoms in total. The minimum absolute atomic E-state index is 0.766. The molecule has 0 atom stereocenters. The molecule has 1 N–H and O–H groups in total. The first-order valence-electron chi connectivity index (χ1n) is 7.08. The number of nitrogens with zero attached hydrogens (tertiary/aromatic N) is 1. The van der Waals surface area contributed by atoms with Crippen LogP contribution in [0, 0.1) is 5.92 Å². The molecule has 0 unspecified atom stereocenters. The van der Waals surface area contributed by atoms with Gasteiger partial charge in [0.15, 0.2) is 0 Å². The molecule has 0 amide bonds. The Bertz CT molecular complexity index is 320.